The number of nitrogens with zero attached hydrogens (tertiary/aromatic N) is 5. The average molecular weight is 462 g/mol. The molecule has 0 saturated heterocycles. The highest BCUT2D eigenvalue weighted by molar-refractivity contribution is 9.10. The average Bonchev–Trinajstić information content (AvgIpc) is 3.28. The summed E-state index contributed by atoms with van der Waals surface area (Å²) in [4.78, 5) is 6.56. The molecule has 0 spiro atoms. The van der Waals surface area contributed by atoms with Gasteiger partial charge in [-0.15, -0.1) is 0 Å². The third-order valence-corrected chi connectivity index (χ3v) is 5.43. The van der Waals surface area contributed by atoms with Crippen molar-refractivity contribution >= 4 is 28.1 Å². The Morgan fingerprint density at radius 1 is 0.933 bits per heavy atom. The summed E-state index contributed by atoms with van der Waals surface area (Å²) in [5.41, 5.74) is 6.44. The molecule has 0 saturated carbocycles. The van der Waals surface area contributed by atoms with Crippen molar-refractivity contribution in [1.29, 1.82) is 0 Å². The van der Waals surface area contributed by atoms with E-state index >= 15 is 0 Å². The summed E-state index contributed by atoms with van der Waals surface area (Å²) >= 11 is 3.52. The number of aryl methyl sites for hydroxylation is 1. The van der Waals surface area contributed by atoms with Crippen LogP contribution in [0.3, 0.4) is 0 Å². The monoisotopic (exact) mass is 461 g/mol. The van der Waals surface area contributed by atoms with E-state index in [0.29, 0.717) is 0 Å². The van der Waals surface area contributed by atoms with E-state index in [2.05, 4.69) is 69.7 Å². The molecule has 30 heavy (non-hydrogen) atoms. The van der Waals surface area contributed by atoms with Crippen molar-refractivity contribution in [2.45, 2.75) is 13.8 Å². The van der Waals surface area contributed by atoms with Gasteiger partial charge in [-0.25, -0.2) is 9.67 Å². The molecule has 0 aliphatic heterocycles. The van der Waals surface area contributed by atoms with Gasteiger partial charge in [-0.1, -0.05) is 34.1 Å². The first-order chi connectivity index (χ1) is 14.4. The number of aromatic nitrogens is 3. The molecule has 0 atom stereocenters. The maximum absolute atomic E-state index is 4.92. The Kier molecular flexibility index (Phi) is 5.59. The van der Waals surface area contributed by atoms with Crippen molar-refractivity contribution in [3.8, 4) is 22.6 Å². The molecule has 0 aliphatic carbocycles. The molecule has 6 heteroatoms. The minimum absolute atomic E-state index is 0.790. The fraction of sp³-hybridized carbons (Fsp3) is 0.167. The molecule has 152 valence electrons. The number of hydrogen-bond donors (Lipinski definition) is 0. The van der Waals surface area contributed by atoms with Gasteiger partial charge in [0.25, 0.3) is 0 Å². The summed E-state index contributed by atoms with van der Waals surface area (Å²) in [5, 5.41) is 4.92. The van der Waals surface area contributed by atoms with Crippen molar-refractivity contribution in [3.63, 3.8) is 0 Å². The summed E-state index contributed by atoms with van der Waals surface area (Å²) in [6, 6.07) is 22.7. The van der Waals surface area contributed by atoms with E-state index < -0.39 is 0 Å². The maximum Gasteiger partial charge on any atom is 0.157 e. The zero-order valence-corrected chi connectivity index (χ0v) is 19.1. The quantitative estimate of drug-likeness (QED) is 0.272. The van der Waals surface area contributed by atoms with E-state index in [9.17, 15) is 0 Å². The van der Waals surface area contributed by atoms with Crippen LogP contribution in [0.15, 0.2) is 76.2 Å². The van der Waals surface area contributed by atoms with E-state index in [1.165, 1.54) is 0 Å². The zero-order chi connectivity index (χ0) is 21.3. The van der Waals surface area contributed by atoms with Gasteiger partial charge in [-0.05, 0) is 56.3 Å². The standard InChI is InChI=1S/C24H24BrN5/c1-17-14-22(18(2)29(17)20-12-10-19(25)11-13-20)23-15-24(26-16-28(3)4)30(27-23)21-8-6-5-7-9-21/h5-16H,1-4H3. The second kappa shape index (κ2) is 8.32. The van der Waals surface area contributed by atoms with Crippen molar-refractivity contribution < 1.29 is 0 Å². The molecule has 0 N–H and O–H groups in total. The van der Waals surface area contributed by atoms with E-state index in [-0.39, 0.29) is 0 Å². The van der Waals surface area contributed by atoms with E-state index in [4.69, 9.17) is 5.10 Å². The lowest BCUT2D eigenvalue weighted by molar-refractivity contribution is 0.642. The highest BCUT2D eigenvalue weighted by Gasteiger charge is 2.17. The molecule has 4 rings (SSSR count). The number of hydrogen-bond acceptors (Lipinski definition) is 2. The van der Waals surface area contributed by atoms with E-state index in [0.717, 1.165) is 44.3 Å². The van der Waals surface area contributed by atoms with Crippen LogP contribution in [0, 0.1) is 13.8 Å². The molecule has 2 aromatic heterocycles. The zero-order valence-electron chi connectivity index (χ0n) is 17.5. The second-order valence-corrected chi connectivity index (χ2v) is 8.36. The van der Waals surface area contributed by atoms with Crippen LogP contribution in [0.2, 0.25) is 0 Å². The Balaban J connectivity index is 1.83. The lowest BCUT2D eigenvalue weighted by Gasteiger charge is -2.09. The van der Waals surface area contributed by atoms with Gasteiger partial charge in [0.05, 0.1) is 17.7 Å². The fourth-order valence-electron chi connectivity index (χ4n) is 3.54. The molecular weight excluding hydrogens is 438 g/mol. The smallest absolute Gasteiger partial charge is 0.157 e. The first-order valence-corrected chi connectivity index (χ1v) is 10.5. The maximum atomic E-state index is 4.92. The molecule has 4 aromatic rings. The summed E-state index contributed by atoms with van der Waals surface area (Å²) in [6.07, 6.45) is 1.80. The van der Waals surface area contributed by atoms with Gasteiger partial charge >= 0.3 is 0 Å². The lowest BCUT2D eigenvalue weighted by Crippen LogP contribution is -2.07. The highest BCUT2D eigenvalue weighted by atomic mass is 79.9. The number of benzene rings is 2. The Hall–Kier alpha value is -3.12. The molecule has 0 unspecified atom stereocenters. The van der Waals surface area contributed by atoms with Crippen LogP contribution >= 0.6 is 15.9 Å². The van der Waals surface area contributed by atoms with Gasteiger partial charge in [-0.3, -0.25) is 0 Å². The van der Waals surface area contributed by atoms with Crippen LogP contribution in [0.1, 0.15) is 11.4 Å². The summed E-state index contributed by atoms with van der Waals surface area (Å²) < 4.78 is 5.21. The van der Waals surface area contributed by atoms with Crippen LogP contribution in [0.5, 0.6) is 0 Å². The predicted molar refractivity (Wildman–Crippen MR) is 127 cm³/mol. The number of halogens is 1. The van der Waals surface area contributed by atoms with E-state index in [1.54, 1.807) is 6.34 Å². The van der Waals surface area contributed by atoms with E-state index in [1.807, 2.05) is 60.1 Å². The van der Waals surface area contributed by atoms with Crippen LogP contribution in [-0.4, -0.2) is 39.7 Å². The Labute approximate surface area is 185 Å². The Morgan fingerprint density at radius 2 is 1.63 bits per heavy atom. The molecule has 0 amide bonds. The molecule has 2 heterocycles. The first kappa shape index (κ1) is 20.2. The third-order valence-electron chi connectivity index (χ3n) is 4.90. The minimum Gasteiger partial charge on any atom is -0.369 e. The summed E-state index contributed by atoms with van der Waals surface area (Å²) in [6.45, 7) is 4.26. The van der Waals surface area contributed by atoms with Crippen molar-refractivity contribution in [1.82, 2.24) is 19.2 Å². The molecule has 0 fully saturated rings. The van der Waals surface area contributed by atoms with Crippen LogP contribution in [-0.2, 0) is 0 Å². The number of aliphatic imine (C=N–C) groups is 1. The lowest BCUT2D eigenvalue weighted by atomic mass is 10.2. The van der Waals surface area contributed by atoms with Crippen LogP contribution in [0.4, 0.5) is 5.82 Å². The Bertz CT molecular complexity index is 1180. The summed E-state index contributed by atoms with van der Waals surface area (Å²) in [7, 11) is 3.92. The minimum atomic E-state index is 0.790. The van der Waals surface area contributed by atoms with Gasteiger partial charge < -0.3 is 9.47 Å². The molecule has 5 nitrogen and oxygen atoms in total. The normalized spacial score (nSPS) is 11.4. The molecular formula is C24H24BrN5. The van der Waals surface area contributed by atoms with Crippen molar-refractivity contribution in [3.05, 3.63) is 82.6 Å². The van der Waals surface area contributed by atoms with Gasteiger partial charge in [0.2, 0.25) is 0 Å². The van der Waals surface area contributed by atoms with Gasteiger partial charge in [-0.2, -0.15) is 5.10 Å². The second-order valence-electron chi connectivity index (χ2n) is 7.44. The van der Waals surface area contributed by atoms with Crippen LogP contribution in [0.25, 0.3) is 22.6 Å². The SMILES string of the molecule is Cc1cc(-c2cc(N=CN(C)C)n(-c3ccccc3)n2)c(C)n1-c1ccc(Br)cc1. The fourth-order valence-corrected chi connectivity index (χ4v) is 3.80. The predicted octanol–water partition coefficient (Wildman–Crippen LogP) is 5.93. The highest BCUT2D eigenvalue weighted by Crippen LogP contribution is 2.32. The van der Waals surface area contributed by atoms with Crippen LogP contribution < -0.4 is 0 Å². The Morgan fingerprint density at radius 3 is 2.30 bits per heavy atom. The molecule has 0 radical (unpaired) electrons. The molecule has 0 bridgehead atoms. The number of rotatable bonds is 5. The van der Waals surface area contributed by atoms with Gasteiger partial charge in [0, 0.05) is 47.3 Å². The number of para-hydroxylation sites is 1. The largest absolute Gasteiger partial charge is 0.369 e. The van der Waals surface area contributed by atoms with Crippen molar-refractivity contribution in [2.75, 3.05) is 14.1 Å². The van der Waals surface area contributed by atoms with Gasteiger partial charge in [0.15, 0.2) is 5.82 Å². The topological polar surface area (TPSA) is 38.4 Å². The first-order valence-electron chi connectivity index (χ1n) is 9.75. The molecule has 2 aromatic carbocycles. The molecule has 0 aliphatic rings. The van der Waals surface area contributed by atoms with Gasteiger partial charge in [0.1, 0.15) is 0 Å². The summed E-state index contributed by atoms with van der Waals surface area (Å²) in [5.74, 6) is 0.790. The van der Waals surface area contributed by atoms with Crippen molar-refractivity contribution in [2.24, 2.45) is 4.99 Å². The third kappa shape index (κ3) is 3.96.